The highest BCUT2D eigenvalue weighted by atomic mass is 16.4. The van der Waals surface area contributed by atoms with Crippen LogP contribution in [0.1, 0.15) is 41.6 Å². The van der Waals surface area contributed by atoms with Crippen LogP contribution in [0.15, 0.2) is 85.1 Å². The normalized spacial score (nSPS) is 17.8. The number of hydrogen-bond acceptors (Lipinski definition) is 2. The molecule has 1 amide bonds. The number of para-hydroxylation sites is 1. The van der Waals surface area contributed by atoms with Crippen LogP contribution in [0.2, 0.25) is 0 Å². The average molecular weight is 467 g/mol. The van der Waals surface area contributed by atoms with Crippen LogP contribution in [-0.4, -0.2) is 28.1 Å². The molecule has 3 aromatic carbocycles. The molecule has 1 heterocycles. The van der Waals surface area contributed by atoms with Crippen LogP contribution >= 0.6 is 0 Å². The van der Waals surface area contributed by atoms with E-state index in [1.165, 1.54) is 16.7 Å². The number of carbonyl (C=O) groups excluding carboxylic acids is 1. The van der Waals surface area contributed by atoms with E-state index in [1.54, 1.807) is 0 Å². The van der Waals surface area contributed by atoms with E-state index in [0.717, 1.165) is 23.7 Å². The molecular formula is C30H30N2O3. The molecule has 0 radical (unpaired) electrons. The maximum atomic E-state index is 13.2. The van der Waals surface area contributed by atoms with Crippen molar-refractivity contribution in [3.8, 4) is 11.1 Å². The van der Waals surface area contributed by atoms with Gasteiger partial charge in [0.2, 0.25) is 0 Å². The highest BCUT2D eigenvalue weighted by molar-refractivity contribution is 6.06. The van der Waals surface area contributed by atoms with Crippen molar-refractivity contribution >= 4 is 22.8 Å². The maximum absolute atomic E-state index is 13.2. The van der Waals surface area contributed by atoms with Crippen molar-refractivity contribution in [1.29, 1.82) is 0 Å². The summed E-state index contributed by atoms with van der Waals surface area (Å²) in [5, 5.41) is 13.4. The van der Waals surface area contributed by atoms with Crippen LogP contribution in [0.3, 0.4) is 0 Å². The molecule has 0 bridgehead atoms. The second-order valence-electron chi connectivity index (χ2n) is 9.52. The number of aromatic nitrogens is 1. The minimum atomic E-state index is -0.699. The Morgan fingerprint density at radius 2 is 1.54 bits per heavy atom. The SMILES string of the molecule is O=C(NCC1CCC(C(=O)O)CC1)c1cccc2ccn(Cc3ccc(-c4ccccc4)cc3)c12. The van der Waals surface area contributed by atoms with Gasteiger partial charge in [-0.3, -0.25) is 9.59 Å². The summed E-state index contributed by atoms with van der Waals surface area (Å²) in [5.41, 5.74) is 5.16. The van der Waals surface area contributed by atoms with E-state index in [9.17, 15) is 14.7 Å². The number of aliphatic carboxylic acids is 1. The molecule has 0 aliphatic heterocycles. The Kier molecular flexibility index (Phi) is 6.66. The maximum Gasteiger partial charge on any atom is 0.306 e. The van der Waals surface area contributed by atoms with Crippen molar-refractivity contribution in [2.75, 3.05) is 6.54 Å². The fourth-order valence-corrected chi connectivity index (χ4v) is 5.15. The van der Waals surface area contributed by atoms with Crippen LogP contribution in [-0.2, 0) is 11.3 Å². The van der Waals surface area contributed by atoms with Gasteiger partial charge in [-0.05, 0) is 60.4 Å². The van der Waals surface area contributed by atoms with E-state index in [2.05, 4.69) is 52.3 Å². The minimum Gasteiger partial charge on any atom is -0.481 e. The summed E-state index contributed by atoms with van der Waals surface area (Å²) in [4.78, 5) is 24.3. The van der Waals surface area contributed by atoms with Crippen molar-refractivity contribution in [2.24, 2.45) is 11.8 Å². The number of carboxylic acid groups (broad SMARTS) is 1. The van der Waals surface area contributed by atoms with Crippen LogP contribution in [0.25, 0.3) is 22.0 Å². The Balaban J connectivity index is 1.29. The Bertz CT molecular complexity index is 1320. The Labute approximate surface area is 205 Å². The molecule has 0 saturated heterocycles. The molecule has 0 atom stereocenters. The highest BCUT2D eigenvalue weighted by Crippen LogP contribution is 2.29. The molecule has 1 aliphatic rings. The number of fused-ring (bicyclic) bond motifs is 1. The summed E-state index contributed by atoms with van der Waals surface area (Å²) in [6.07, 6.45) is 5.11. The zero-order valence-corrected chi connectivity index (χ0v) is 19.7. The van der Waals surface area contributed by atoms with E-state index in [-0.39, 0.29) is 11.8 Å². The topological polar surface area (TPSA) is 71.3 Å². The standard InChI is InChI=1S/C30H30N2O3/c33-29(31-19-21-9-15-26(16-10-21)30(34)35)27-8-4-7-25-17-18-32(28(25)27)20-22-11-13-24(14-12-22)23-5-2-1-3-6-23/h1-8,11-14,17-18,21,26H,9-10,15-16,19-20H2,(H,31,33)(H,34,35). The summed E-state index contributed by atoms with van der Waals surface area (Å²) in [7, 11) is 0. The first-order valence-corrected chi connectivity index (χ1v) is 12.3. The number of nitrogens with zero attached hydrogens (tertiary/aromatic N) is 1. The van der Waals surface area contributed by atoms with Crippen molar-refractivity contribution in [2.45, 2.75) is 32.2 Å². The summed E-state index contributed by atoms with van der Waals surface area (Å²) in [6.45, 7) is 1.27. The average Bonchev–Trinajstić information content (AvgIpc) is 3.31. The molecule has 178 valence electrons. The fraction of sp³-hybridized carbons (Fsp3) is 0.267. The lowest BCUT2D eigenvalue weighted by atomic mass is 9.82. The number of rotatable bonds is 7. The molecule has 0 unspecified atom stereocenters. The van der Waals surface area contributed by atoms with Gasteiger partial charge in [0.05, 0.1) is 17.0 Å². The Morgan fingerprint density at radius 1 is 0.829 bits per heavy atom. The molecule has 1 aliphatic carbocycles. The number of nitrogens with one attached hydrogen (secondary N) is 1. The minimum absolute atomic E-state index is 0.0738. The number of carbonyl (C=O) groups is 2. The molecule has 4 aromatic rings. The quantitative estimate of drug-likeness (QED) is 0.352. The number of hydrogen-bond donors (Lipinski definition) is 2. The van der Waals surface area contributed by atoms with Crippen LogP contribution in [0.5, 0.6) is 0 Å². The second-order valence-corrected chi connectivity index (χ2v) is 9.52. The van der Waals surface area contributed by atoms with Gasteiger partial charge in [0, 0.05) is 24.7 Å². The monoisotopic (exact) mass is 466 g/mol. The van der Waals surface area contributed by atoms with Crippen LogP contribution < -0.4 is 5.32 Å². The third kappa shape index (κ3) is 5.14. The predicted octanol–water partition coefficient (Wildman–Crippen LogP) is 5.98. The summed E-state index contributed by atoms with van der Waals surface area (Å²) >= 11 is 0. The molecule has 35 heavy (non-hydrogen) atoms. The van der Waals surface area contributed by atoms with E-state index in [4.69, 9.17) is 0 Å². The lowest BCUT2D eigenvalue weighted by Gasteiger charge is -2.26. The number of benzene rings is 3. The van der Waals surface area contributed by atoms with Gasteiger partial charge >= 0.3 is 5.97 Å². The number of amides is 1. The number of carboxylic acids is 1. The van der Waals surface area contributed by atoms with E-state index in [0.29, 0.717) is 37.4 Å². The highest BCUT2D eigenvalue weighted by Gasteiger charge is 2.26. The first-order valence-electron chi connectivity index (χ1n) is 12.3. The van der Waals surface area contributed by atoms with Gasteiger partial charge in [0.25, 0.3) is 5.91 Å². The third-order valence-electron chi connectivity index (χ3n) is 7.19. The molecule has 1 saturated carbocycles. The molecule has 5 heteroatoms. The smallest absolute Gasteiger partial charge is 0.306 e. The summed E-state index contributed by atoms with van der Waals surface area (Å²) in [5.74, 6) is -0.672. The molecule has 2 N–H and O–H groups in total. The van der Waals surface area contributed by atoms with Crippen molar-refractivity contribution in [3.63, 3.8) is 0 Å². The molecular weight excluding hydrogens is 436 g/mol. The molecule has 1 fully saturated rings. The van der Waals surface area contributed by atoms with Gasteiger partial charge in [0.1, 0.15) is 0 Å². The predicted molar refractivity (Wildman–Crippen MR) is 138 cm³/mol. The van der Waals surface area contributed by atoms with E-state index < -0.39 is 5.97 Å². The van der Waals surface area contributed by atoms with Gasteiger partial charge in [-0.1, -0.05) is 66.7 Å². The lowest BCUT2D eigenvalue weighted by Crippen LogP contribution is -2.32. The van der Waals surface area contributed by atoms with Crippen LogP contribution in [0, 0.1) is 11.8 Å². The van der Waals surface area contributed by atoms with Crippen molar-refractivity contribution < 1.29 is 14.7 Å². The molecule has 1 aromatic heterocycles. The first-order chi connectivity index (χ1) is 17.1. The van der Waals surface area contributed by atoms with Gasteiger partial charge in [-0.15, -0.1) is 0 Å². The molecule has 0 spiro atoms. The zero-order valence-electron chi connectivity index (χ0n) is 19.7. The summed E-state index contributed by atoms with van der Waals surface area (Å²) in [6, 6.07) is 26.8. The first kappa shape index (κ1) is 22.9. The van der Waals surface area contributed by atoms with Gasteiger partial charge < -0.3 is 15.0 Å². The van der Waals surface area contributed by atoms with E-state index >= 15 is 0 Å². The van der Waals surface area contributed by atoms with Gasteiger partial charge in [0.15, 0.2) is 0 Å². The third-order valence-corrected chi connectivity index (χ3v) is 7.19. The second kappa shape index (κ2) is 10.2. The zero-order chi connectivity index (χ0) is 24.2. The van der Waals surface area contributed by atoms with Gasteiger partial charge in [-0.2, -0.15) is 0 Å². The van der Waals surface area contributed by atoms with Crippen molar-refractivity contribution in [3.05, 3.63) is 96.2 Å². The van der Waals surface area contributed by atoms with E-state index in [1.807, 2.05) is 42.6 Å². The summed E-state index contributed by atoms with van der Waals surface area (Å²) < 4.78 is 2.14. The van der Waals surface area contributed by atoms with Gasteiger partial charge in [-0.25, -0.2) is 0 Å². The lowest BCUT2D eigenvalue weighted by molar-refractivity contribution is -0.143. The largest absolute Gasteiger partial charge is 0.481 e. The molecule has 5 rings (SSSR count). The van der Waals surface area contributed by atoms with Crippen molar-refractivity contribution in [1.82, 2.24) is 9.88 Å². The Hall–Kier alpha value is -3.86. The fourth-order valence-electron chi connectivity index (χ4n) is 5.15. The van der Waals surface area contributed by atoms with Crippen LogP contribution in [0.4, 0.5) is 0 Å². The molecule has 5 nitrogen and oxygen atoms in total. The Morgan fingerprint density at radius 3 is 2.26 bits per heavy atom.